The molecule has 0 radical (unpaired) electrons. The lowest BCUT2D eigenvalue weighted by atomic mass is 9.95. The molecule has 280 valence electrons. The first kappa shape index (κ1) is 42.9. The van der Waals surface area contributed by atoms with Crippen molar-refractivity contribution in [3.05, 3.63) is 71.8 Å². The number of nitrogens with one attached hydrogen (secondary N) is 2. The third kappa shape index (κ3) is 7.83. The van der Waals surface area contributed by atoms with Gasteiger partial charge in [-0.15, -0.1) is 23.5 Å². The van der Waals surface area contributed by atoms with Crippen LogP contribution in [0, 0.1) is 0 Å². The van der Waals surface area contributed by atoms with Gasteiger partial charge in [0.1, 0.15) is 47.0 Å². The second kappa shape index (κ2) is 16.0. The number of aliphatic carboxylic acids is 2. The van der Waals surface area contributed by atoms with E-state index in [2.05, 4.69) is 10.6 Å². The van der Waals surface area contributed by atoms with Crippen LogP contribution in [0.4, 0.5) is 0 Å². The predicted molar refractivity (Wildman–Crippen MR) is 189 cm³/mol. The van der Waals surface area contributed by atoms with Crippen molar-refractivity contribution in [2.45, 2.75) is 84.2 Å². The van der Waals surface area contributed by atoms with Crippen molar-refractivity contribution in [3.8, 4) is 0 Å². The molecule has 4 heterocycles. The van der Waals surface area contributed by atoms with Crippen LogP contribution in [0.25, 0.3) is 0 Å². The summed E-state index contributed by atoms with van der Waals surface area (Å²) in [6.07, 6.45) is 0. The van der Waals surface area contributed by atoms with Gasteiger partial charge < -0.3 is 58.5 Å². The molecular formula is C32H44N6O11S2. The number of carbonyl (C=O) groups excluding carboxylic acids is 4. The van der Waals surface area contributed by atoms with Gasteiger partial charge in [-0.25, -0.2) is 9.59 Å². The van der Waals surface area contributed by atoms with Gasteiger partial charge in [0.2, 0.25) is 23.6 Å². The summed E-state index contributed by atoms with van der Waals surface area (Å²) in [5.74, 6) is -3.71. The van der Waals surface area contributed by atoms with Crippen LogP contribution in [0.3, 0.4) is 0 Å². The van der Waals surface area contributed by atoms with Gasteiger partial charge in [-0.3, -0.25) is 19.2 Å². The molecule has 8 atom stereocenters. The summed E-state index contributed by atoms with van der Waals surface area (Å²) in [5, 5.41) is 23.3. The monoisotopic (exact) mass is 752 g/mol. The Morgan fingerprint density at radius 2 is 0.941 bits per heavy atom. The molecule has 2 aromatic rings. The number of benzene rings is 2. The predicted octanol–water partition coefficient (Wildman–Crippen LogP) is -1.84. The highest BCUT2D eigenvalue weighted by molar-refractivity contribution is 8.02. The molecule has 4 fully saturated rings. The molecule has 0 saturated carbocycles. The molecule has 0 unspecified atom stereocenters. The number of carboxylic acid groups (broad SMARTS) is 2. The van der Waals surface area contributed by atoms with Gasteiger partial charge in [0.05, 0.1) is 0 Å². The molecular weight excluding hydrogens is 709 g/mol. The van der Waals surface area contributed by atoms with E-state index in [9.17, 15) is 39.0 Å². The molecule has 4 saturated heterocycles. The number of hydrogen-bond donors (Lipinski definition) is 6. The Kier molecular flexibility index (Phi) is 13.4. The van der Waals surface area contributed by atoms with Crippen molar-refractivity contribution in [1.29, 1.82) is 0 Å². The number of thioether (sulfide) groups is 2. The zero-order chi connectivity index (χ0) is 35.3. The smallest absolute Gasteiger partial charge is 0.327 e. The lowest BCUT2D eigenvalue weighted by Crippen LogP contribution is -2.71. The van der Waals surface area contributed by atoms with E-state index < -0.39 is 69.5 Å². The van der Waals surface area contributed by atoms with Gasteiger partial charge in [0.15, 0.2) is 0 Å². The Labute approximate surface area is 301 Å². The fourth-order valence-electron chi connectivity index (χ4n) is 6.40. The number of carboxylic acids is 2. The van der Waals surface area contributed by atoms with Crippen molar-refractivity contribution < 1.29 is 55.4 Å². The molecule has 4 aliphatic heterocycles. The molecule has 0 spiro atoms. The quantitative estimate of drug-likeness (QED) is 0.162. The molecule has 17 nitrogen and oxygen atoms in total. The molecule has 6 rings (SSSR count). The largest absolute Gasteiger partial charge is 0.480 e. The van der Waals surface area contributed by atoms with E-state index >= 15 is 0 Å². The second-order valence-corrected chi connectivity index (χ2v) is 16.5. The number of carbonyl (C=O) groups is 6. The first-order valence-electron chi connectivity index (χ1n) is 15.2. The average Bonchev–Trinajstić information content (AvgIpc) is 3.47. The number of nitrogens with zero attached hydrogens (tertiary/aromatic N) is 2. The summed E-state index contributed by atoms with van der Waals surface area (Å²) in [6, 6.07) is 12.8. The van der Waals surface area contributed by atoms with Crippen molar-refractivity contribution in [1.82, 2.24) is 20.4 Å². The maximum atomic E-state index is 12.3. The fourth-order valence-corrected chi connectivity index (χ4v) is 9.65. The van der Waals surface area contributed by atoms with Crippen LogP contribution in [-0.4, -0.2) is 116 Å². The number of amides is 4. The maximum absolute atomic E-state index is 12.3. The Balaban J connectivity index is 0.000000334. The van der Waals surface area contributed by atoms with E-state index in [1.165, 1.54) is 33.3 Å². The Morgan fingerprint density at radius 1 is 0.647 bits per heavy atom. The number of nitrogens with two attached hydrogens (primary N) is 2. The standard InChI is InChI=1S/2C16H19N3O4S.3H2O/c2*1-16(2)11(15(22)23)19-13(21)10(14(19)24-16)18-12(20)9(17)8-6-4-3-5-7-8;;;/h2*3-7,9-11,14H,17H2,1-2H3,(H,18,20)(H,22,23);3*1H2/t2*9-,10-,11+,14-;;;/m11.../s1. The zero-order valence-corrected chi connectivity index (χ0v) is 29.7. The van der Waals surface area contributed by atoms with E-state index in [-0.39, 0.29) is 39.0 Å². The van der Waals surface area contributed by atoms with E-state index in [0.717, 1.165) is 0 Å². The highest BCUT2D eigenvalue weighted by Gasteiger charge is 2.65. The zero-order valence-electron chi connectivity index (χ0n) is 28.1. The Morgan fingerprint density at radius 3 is 1.22 bits per heavy atom. The van der Waals surface area contributed by atoms with Crippen LogP contribution in [0.2, 0.25) is 0 Å². The summed E-state index contributed by atoms with van der Waals surface area (Å²) < 4.78 is -1.24. The van der Waals surface area contributed by atoms with Gasteiger partial charge >= 0.3 is 11.9 Å². The van der Waals surface area contributed by atoms with Crippen molar-refractivity contribution >= 4 is 59.1 Å². The maximum Gasteiger partial charge on any atom is 0.327 e. The summed E-state index contributed by atoms with van der Waals surface area (Å²) in [4.78, 5) is 74.9. The number of β-lactam (4-membered cyclic amide) rings is 2. The minimum Gasteiger partial charge on any atom is -0.480 e. The molecule has 4 aliphatic rings. The molecule has 2 aromatic carbocycles. The van der Waals surface area contributed by atoms with Crippen LogP contribution in [-0.2, 0) is 28.8 Å². The van der Waals surface area contributed by atoms with Gasteiger partial charge in [-0.2, -0.15) is 0 Å². The summed E-state index contributed by atoms with van der Waals surface area (Å²) in [5.41, 5.74) is 13.2. The second-order valence-electron chi connectivity index (χ2n) is 12.9. The minimum absolute atomic E-state index is 0. The van der Waals surface area contributed by atoms with Crippen molar-refractivity contribution in [2.75, 3.05) is 0 Å². The lowest BCUT2D eigenvalue weighted by Gasteiger charge is -2.43. The fraction of sp³-hybridized carbons (Fsp3) is 0.438. The van der Waals surface area contributed by atoms with Crippen LogP contribution in [0.1, 0.15) is 50.9 Å². The van der Waals surface area contributed by atoms with Crippen molar-refractivity contribution in [3.63, 3.8) is 0 Å². The molecule has 0 bridgehead atoms. The van der Waals surface area contributed by atoms with Crippen molar-refractivity contribution in [2.24, 2.45) is 11.5 Å². The molecule has 4 amide bonds. The topological polar surface area (TPSA) is 320 Å². The number of fused-ring (bicyclic) bond motifs is 2. The average molecular weight is 753 g/mol. The van der Waals surface area contributed by atoms with Gasteiger partial charge in [-0.05, 0) is 38.8 Å². The van der Waals surface area contributed by atoms with E-state index in [0.29, 0.717) is 11.1 Å². The molecule has 0 aliphatic carbocycles. The highest BCUT2D eigenvalue weighted by Crippen LogP contribution is 2.52. The molecule has 19 heteroatoms. The lowest BCUT2D eigenvalue weighted by molar-refractivity contribution is -0.161. The summed E-state index contributed by atoms with van der Waals surface area (Å²) in [6.45, 7) is 7.15. The molecule has 14 N–H and O–H groups in total. The summed E-state index contributed by atoms with van der Waals surface area (Å²) in [7, 11) is 0. The van der Waals surface area contributed by atoms with Crippen LogP contribution < -0.4 is 22.1 Å². The van der Waals surface area contributed by atoms with E-state index in [4.69, 9.17) is 11.5 Å². The third-order valence-electron chi connectivity index (χ3n) is 8.83. The number of rotatable bonds is 8. The number of hydrogen-bond acceptors (Lipinski definition) is 10. The minimum atomic E-state index is -1.03. The van der Waals surface area contributed by atoms with Crippen LogP contribution in [0.5, 0.6) is 0 Å². The first-order valence-corrected chi connectivity index (χ1v) is 16.9. The van der Waals surface area contributed by atoms with Crippen LogP contribution in [0.15, 0.2) is 60.7 Å². The van der Waals surface area contributed by atoms with E-state index in [1.54, 1.807) is 76.2 Å². The highest BCUT2D eigenvalue weighted by atomic mass is 32.2. The molecule has 51 heavy (non-hydrogen) atoms. The van der Waals surface area contributed by atoms with Gasteiger partial charge in [0.25, 0.3) is 0 Å². The van der Waals surface area contributed by atoms with Gasteiger partial charge in [-0.1, -0.05) is 60.7 Å². The first-order chi connectivity index (χ1) is 22.5. The third-order valence-corrected chi connectivity index (χ3v) is 12.0. The Bertz CT molecular complexity index is 1510. The van der Waals surface area contributed by atoms with Gasteiger partial charge in [0, 0.05) is 9.49 Å². The normalized spacial score (nSPS) is 27.0. The Hall–Kier alpha value is -4.24. The SMILES string of the molecule is CC1(C)S[C@@H]2[C@H](NC(=O)[C@H](N)c3ccccc3)C(=O)N2[C@H]1C(=O)O.CC1(C)S[C@@H]2[C@H](NC(=O)[C@H](N)c3ccccc3)C(=O)N2[C@H]1C(=O)O.O.O.O. The van der Waals surface area contributed by atoms with Crippen LogP contribution >= 0.6 is 23.5 Å². The van der Waals surface area contributed by atoms with E-state index in [1.807, 2.05) is 12.1 Å². The summed E-state index contributed by atoms with van der Waals surface area (Å²) >= 11 is 2.77. The molecule has 0 aromatic heterocycles.